The zero-order valence-electron chi connectivity index (χ0n) is 80.2. The molecule has 0 fully saturated rings. The second-order valence-corrected chi connectivity index (χ2v) is 41.7. The molecule has 4 aliphatic rings. The van der Waals surface area contributed by atoms with E-state index in [2.05, 4.69) is 457 Å². The molecule has 0 radical (unpaired) electrons. The summed E-state index contributed by atoms with van der Waals surface area (Å²) in [5.74, 6) is 2.02. The molecular weight excluding hydrogens is 1760 g/mol. The number of rotatable bonds is 9. The molecule has 10 nitrogen and oxygen atoms in total. The molecule has 0 atom stereocenters. The number of thiophene rings is 1. The van der Waals surface area contributed by atoms with Crippen LogP contribution in [0.5, 0.6) is 0 Å². The molecule has 8 heterocycles. The van der Waals surface area contributed by atoms with Gasteiger partial charge >= 0.3 is 0 Å². The average Bonchev–Trinajstić information content (AvgIpc) is 1.54. The molecular formula is C132H93N9OS. The third-order valence-corrected chi connectivity index (χ3v) is 32.5. The van der Waals surface area contributed by atoms with Crippen molar-refractivity contribution in [2.45, 2.75) is 77.0 Å². The van der Waals surface area contributed by atoms with Crippen LogP contribution in [0.25, 0.3) is 237 Å². The van der Waals surface area contributed by atoms with Crippen molar-refractivity contribution in [3.63, 3.8) is 0 Å². The summed E-state index contributed by atoms with van der Waals surface area (Å²) in [6, 6.07) is 148. The Morgan fingerprint density at radius 3 is 1.12 bits per heavy atom. The fourth-order valence-corrected chi connectivity index (χ4v) is 25.9. The Bertz CT molecular complexity index is 9870. The minimum atomic E-state index is -0.231. The molecule has 0 saturated carbocycles. The monoisotopic (exact) mass is 1850 g/mol. The SMILES string of the molecule is CC1(C)c2ccccc2-c2ccc(-c3cc(-c4ccccc4)nc(-n4c5ccccc5c5ccc6c(c54)C(C)(C)c4ccccc4-6)n3)cc21.CC1(C)c2ccccc2-c2ccc3c4ccccc4n(-c4nc(-c5ccc(-c6ccccc6)cc5)cc(-c5cccc6c5oc5ccccc56)n4)c3c21.CC1(C)c2ccccc2-c2ccc3c4ccccc4n(-c4nccc(-c5cccc6c5sc5ccccc56)n4)c3c21. The fraction of sp³-hybridized carbons (Fsp3) is 0.0909. The van der Waals surface area contributed by atoms with Crippen LogP contribution in [0.3, 0.4) is 0 Å². The first-order valence-electron chi connectivity index (χ1n) is 49.4. The molecule has 18 aromatic carbocycles. The second-order valence-electron chi connectivity index (χ2n) is 40.6. The van der Waals surface area contributed by atoms with Gasteiger partial charge in [0.1, 0.15) is 11.2 Å². The molecule has 26 aromatic rings. The number of benzene rings is 18. The van der Waals surface area contributed by atoms with Gasteiger partial charge in [-0.1, -0.05) is 407 Å². The van der Waals surface area contributed by atoms with Gasteiger partial charge in [-0.25, -0.2) is 29.9 Å². The fourth-order valence-electron chi connectivity index (χ4n) is 24.7. The first-order valence-corrected chi connectivity index (χ1v) is 50.2. The summed E-state index contributed by atoms with van der Waals surface area (Å²) in [5.41, 5.74) is 41.0. The minimum absolute atomic E-state index is 0.103. The molecule has 30 rings (SSSR count). The first-order chi connectivity index (χ1) is 70.0. The number of hydrogen-bond donors (Lipinski definition) is 0. The molecule has 0 aliphatic heterocycles. The van der Waals surface area contributed by atoms with Gasteiger partial charge in [0.2, 0.25) is 17.8 Å². The molecule has 678 valence electrons. The molecule has 0 unspecified atom stereocenters. The predicted octanol–water partition coefficient (Wildman–Crippen LogP) is 34.2. The number of nitrogens with zero attached hydrogens (tertiary/aromatic N) is 9. The first kappa shape index (κ1) is 83.8. The Morgan fingerprint density at radius 2 is 0.580 bits per heavy atom. The molecule has 0 bridgehead atoms. The summed E-state index contributed by atoms with van der Waals surface area (Å²) in [7, 11) is 0. The summed E-state index contributed by atoms with van der Waals surface area (Å²) in [6.45, 7) is 18.8. The van der Waals surface area contributed by atoms with Crippen LogP contribution in [-0.2, 0) is 21.7 Å². The maximum Gasteiger partial charge on any atom is 0.235 e. The Labute approximate surface area is 830 Å². The highest BCUT2D eigenvalue weighted by Crippen LogP contribution is 2.59. The van der Waals surface area contributed by atoms with E-state index < -0.39 is 0 Å². The highest BCUT2D eigenvalue weighted by Gasteiger charge is 2.44. The summed E-state index contributed by atoms with van der Waals surface area (Å²) in [4.78, 5) is 32.0. The standard InChI is InChI=1S/C49H33N3O.C46H35N3.C37H25N3S/c1-49(2)40-20-9-6-15-33(40)36-27-28-37-34-16-7-10-21-43(34)52(46(37)45(36)49)48-50-41(32-25-23-31(24-26-32)30-13-4-3-5-14-30)29-42(51-48)39-19-12-18-38-35-17-8-11-22-44(35)53-47(38)39;1-45(2)36-19-11-8-16-30(36)32-23-22-29(26-38(32)45)40-27-39(28-14-6-5-7-15-28)47-44(48-40)49-41-21-13-10-18-33(41)35-25-24-34-31-17-9-12-20-37(31)46(3,4)42(34)43(35)49;1-37(2)29-15-6-3-10-22(29)25-18-19-26-23-11-4-7-16-31(23)40(34(26)33(25)37)36-38-21-20-30(39-36)28-14-9-13-27-24-12-5-8-17-32(24)41-35(27)28/h3-29H,1-2H3;5-27H,1-4H3;3-21H,1-2H3. The highest BCUT2D eigenvalue weighted by atomic mass is 32.1. The van der Waals surface area contributed by atoms with E-state index in [0.717, 1.165) is 106 Å². The van der Waals surface area contributed by atoms with Gasteiger partial charge in [-0.15, -0.1) is 11.3 Å². The van der Waals surface area contributed by atoms with Gasteiger partial charge in [-0.3, -0.25) is 13.7 Å². The molecule has 4 aliphatic carbocycles. The van der Waals surface area contributed by atoms with Crippen molar-refractivity contribution in [2.75, 3.05) is 0 Å². The Morgan fingerprint density at radius 1 is 0.224 bits per heavy atom. The lowest BCUT2D eigenvalue weighted by Gasteiger charge is -2.23. The van der Waals surface area contributed by atoms with Crippen molar-refractivity contribution in [2.24, 2.45) is 0 Å². The van der Waals surface area contributed by atoms with Crippen LogP contribution >= 0.6 is 11.3 Å². The normalized spacial score (nSPS) is 14.0. The van der Waals surface area contributed by atoms with Crippen LogP contribution in [0.1, 0.15) is 99.9 Å². The Hall–Kier alpha value is -17.4. The molecule has 8 aromatic heterocycles. The number of fused-ring (bicyclic) bond motifs is 30. The quantitative estimate of drug-likeness (QED) is 0.142. The van der Waals surface area contributed by atoms with Crippen LogP contribution in [0, 0.1) is 0 Å². The molecule has 0 N–H and O–H groups in total. The van der Waals surface area contributed by atoms with Crippen molar-refractivity contribution < 1.29 is 4.42 Å². The molecule has 0 amide bonds. The average molecular weight is 1850 g/mol. The lowest BCUT2D eigenvalue weighted by molar-refractivity contribution is 0.660. The molecule has 11 heteroatoms. The maximum atomic E-state index is 6.58. The van der Waals surface area contributed by atoms with E-state index in [1.165, 1.54) is 158 Å². The summed E-state index contributed by atoms with van der Waals surface area (Å²) < 4.78 is 16.1. The minimum Gasteiger partial charge on any atom is -0.455 e. The third-order valence-electron chi connectivity index (χ3n) is 31.3. The van der Waals surface area contributed by atoms with Crippen LogP contribution in [0.4, 0.5) is 0 Å². The summed E-state index contributed by atoms with van der Waals surface area (Å²) in [5, 5.41) is 12.0. The zero-order chi connectivity index (χ0) is 95.6. The maximum absolute atomic E-state index is 6.58. The van der Waals surface area contributed by atoms with Crippen LogP contribution in [0.15, 0.2) is 423 Å². The van der Waals surface area contributed by atoms with Gasteiger partial charge in [0, 0.05) is 119 Å². The smallest absolute Gasteiger partial charge is 0.235 e. The van der Waals surface area contributed by atoms with Gasteiger partial charge in [0.15, 0.2) is 0 Å². The van der Waals surface area contributed by atoms with E-state index >= 15 is 0 Å². The molecule has 0 spiro atoms. The van der Waals surface area contributed by atoms with E-state index in [4.69, 9.17) is 34.3 Å². The van der Waals surface area contributed by atoms with Crippen molar-refractivity contribution in [1.29, 1.82) is 0 Å². The summed E-state index contributed by atoms with van der Waals surface area (Å²) >= 11 is 1.83. The zero-order valence-corrected chi connectivity index (χ0v) is 81.0. The van der Waals surface area contributed by atoms with E-state index in [1.807, 2.05) is 41.8 Å². The number of furan rings is 1. The Balaban J connectivity index is 0.000000105. The largest absolute Gasteiger partial charge is 0.455 e. The highest BCUT2D eigenvalue weighted by molar-refractivity contribution is 7.26. The van der Waals surface area contributed by atoms with Gasteiger partial charge in [-0.2, -0.15) is 0 Å². The van der Waals surface area contributed by atoms with Gasteiger partial charge in [-0.05, 0) is 161 Å². The number of aromatic nitrogens is 9. The van der Waals surface area contributed by atoms with Gasteiger partial charge in [0.25, 0.3) is 0 Å². The van der Waals surface area contributed by atoms with Crippen LogP contribution in [0.2, 0.25) is 0 Å². The van der Waals surface area contributed by atoms with E-state index in [-0.39, 0.29) is 21.7 Å². The molecule has 143 heavy (non-hydrogen) atoms. The van der Waals surface area contributed by atoms with Crippen molar-refractivity contribution in [3.8, 4) is 130 Å². The van der Waals surface area contributed by atoms with Crippen LogP contribution in [-0.4, -0.2) is 43.6 Å². The number of hydrogen-bond acceptors (Lipinski definition) is 8. The van der Waals surface area contributed by atoms with Gasteiger partial charge < -0.3 is 4.42 Å². The topological polar surface area (TPSA) is 105 Å². The van der Waals surface area contributed by atoms with E-state index in [0.29, 0.717) is 17.8 Å². The number of para-hydroxylation sites is 5. The Kier molecular flexibility index (Phi) is 18.5. The lowest BCUT2D eigenvalue weighted by atomic mass is 9.81. The third kappa shape index (κ3) is 12.6. The van der Waals surface area contributed by atoms with Gasteiger partial charge in [0.05, 0.1) is 61.6 Å². The van der Waals surface area contributed by atoms with Crippen molar-refractivity contribution in [1.82, 2.24) is 43.6 Å². The molecule has 0 saturated heterocycles. The second kappa shape index (κ2) is 31.6. The lowest BCUT2D eigenvalue weighted by Crippen LogP contribution is -2.17. The predicted molar refractivity (Wildman–Crippen MR) is 592 cm³/mol. The van der Waals surface area contributed by atoms with E-state index in [1.54, 1.807) is 0 Å². The van der Waals surface area contributed by atoms with E-state index in [9.17, 15) is 0 Å². The summed E-state index contributed by atoms with van der Waals surface area (Å²) in [6.07, 6.45) is 1.91. The van der Waals surface area contributed by atoms with Crippen molar-refractivity contribution in [3.05, 3.63) is 463 Å². The van der Waals surface area contributed by atoms with Crippen molar-refractivity contribution >= 4 is 119 Å². The van der Waals surface area contributed by atoms with Crippen LogP contribution < -0.4 is 0 Å².